The molecule has 0 saturated heterocycles. The second-order valence-corrected chi connectivity index (χ2v) is 18.1. The maximum atomic E-state index is 12.7. The molecule has 6 aromatic carbocycles. The predicted octanol–water partition coefficient (Wildman–Crippen LogP) is 8.84. The van der Waals surface area contributed by atoms with Crippen LogP contribution in [0.5, 0.6) is 40.2 Å². The average Bonchev–Trinajstić information content (AvgIpc) is 3.34. The van der Waals surface area contributed by atoms with Crippen LogP contribution in [0.25, 0.3) is 0 Å². The first-order valence-corrected chi connectivity index (χ1v) is 24.2. The third kappa shape index (κ3) is 17.9. The molecule has 71 heavy (non-hydrogen) atoms. The van der Waals surface area contributed by atoms with Crippen LogP contribution >= 0.6 is 0 Å². The Morgan fingerprint density at radius 2 is 0.887 bits per heavy atom. The average molecular weight is 1030 g/mol. The number of carboxylic acids is 2. The topological polar surface area (TPSA) is 232 Å². The molecule has 4 N–H and O–H groups in total. The molecule has 0 aliphatic rings. The van der Waals surface area contributed by atoms with Crippen molar-refractivity contribution in [3.05, 3.63) is 151 Å². The molecule has 0 aliphatic carbocycles. The van der Waals surface area contributed by atoms with Gasteiger partial charge in [0.05, 0.1) is 24.0 Å². The number of carboxylic acid groups (broad SMARTS) is 2. The third-order valence-electron chi connectivity index (χ3n) is 9.63. The first kappa shape index (κ1) is 54.1. The van der Waals surface area contributed by atoms with Gasteiger partial charge < -0.3 is 43.4 Å². The van der Waals surface area contributed by atoms with Crippen LogP contribution in [0.15, 0.2) is 149 Å². The number of benzene rings is 6. The Hall–Kier alpha value is -7.85. The van der Waals surface area contributed by atoms with Crippen molar-refractivity contribution in [1.82, 2.24) is 0 Å². The number of nitrogens with one attached hydrogen (secondary N) is 2. The second-order valence-electron chi connectivity index (χ2n) is 14.7. The Balaban J connectivity index is 0.000000264. The minimum absolute atomic E-state index is 0.00917. The third-order valence-corrected chi connectivity index (χ3v) is 12.4. The van der Waals surface area contributed by atoms with E-state index in [0.717, 1.165) is 35.4 Å². The fraction of sp³-hybridized carbons (Fsp3) is 0.224. The summed E-state index contributed by atoms with van der Waals surface area (Å²) in [6.45, 7) is 0.902. The second kappa shape index (κ2) is 25.7. The minimum Gasteiger partial charge on any atom is -0.493 e. The van der Waals surface area contributed by atoms with Crippen molar-refractivity contribution in [2.24, 2.45) is 0 Å². The molecule has 0 saturated carbocycles. The molecular weight excluding hydrogens is 978 g/mol. The van der Waals surface area contributed by atoms with E-state index in [4.69, 9.17) is 38.6 Å². The van der Waals surface area contributed by atoms with E-state index in [1.54, 1.807) is 66.7 Å². The van der Waals surface area contributed by atoms with E-state index in [1.807, 2.05) is 18.2 Å². The van der Waals surface area contributed by atoms with Crippen molar-refractivity contribution >= 4 is 43.4 Å². The van der Waals surface area contributed by atoms with Crippen molar-refractivity contribution in [2.45, 2.75) is 41.8 Å². The molecule has 0 unspecified atom stereocenters. The molecule has 378 valence electrons. The van der Waals surface area contributed by atoms with Crippen LogP contribution in [0, 0.1) is 0 Å². The molecule has 6 rings (SSSR count). The standard InChI is InChI=1S/C25H27NO8S.C24H22F3NO7S/c1-31-23-13-12-21(17-24(23)32-2)35(29,30)26-19-8-10-20(11-9-19)33-15-16-34-22-6-4-3-5-18(22)7-14-25(27)28;25-24(26,27)35-20-10-12-21(13-11-20)36(31,32)28-18-6-8-19(9-7-18)33-15-16-34-22-4-2-1-3-17(22)5-14-23(29)30/h3-6,8-13,17,26H,7,14-16H2,1-2H3,(H,27,28);1-4,6-13,28H,5,14-16H2,(H,29,30). The molecule has 17 nitrogen and oxygen atoms in total. The lowest BCUT2D eigenvalue weighted by Crippen LogP contribution is -2.17. The van der Waals surface area contributed by atoms with Crippen LogP contribution in [-0.2, 0) is 42.5 Å². The minimum atomic E-state index is -4.87. The Morgan fingerprint density at radius 1 is 0.493 bits per heavy atom. The molecule has 0 atom stereocenters. The SMILES string of the molecule is COc1ccc(S(=O)(=O)Nc2ccc(OCCOc3ccccc3CCC(=O)O)cc2)cc1OC.O=C(O)CCc1ccccc1OCCOc1ccc(NS(=O)(=O)c2ccc(OC(F)(F)F)cc2)cc1. The van der Waals surface area contributed by atoms with E-state index in [9.17, 15) is 39.6 Å². The summed E-state index contributed by atoms with van der Waals surface area (Å²) in [5.41, 5.74) is 2.19. The van der Waals surface area contributed by atoms with Crippen LogP contribution in [0.1, 0.15) is 24.0 Å². The highest BCUT2D eigenvalue weighted by Gasteiger charge is 2.31. The van der Waals surface area contributed by atoms with Gasteiger partial charge in [-0.2, -0.15) is 0 Å². The van der Waals surface area contributed by atoms with Gasteiger partial charge in [0.25, 0.3) is 20.0 Å². The number of hydrogen-bond donors (Lipinski definition) is 4. The zero-order chi connectivity index (χ0) is 51.4. The maximum absolute atomic E-state index is 12.7. The number of ether oxygens (including phenoxy) is 7. The molecule has 0 aliphatic heterocycles. The molecule has 0 bridgehead atoms. The van der Waals surface area contributed by atoms with Gasteiger partial charge in [0, 0.05) is 30.3 Å². The van der Waals surface area contributed by atoms with Crippen molar-refractivity contribution in [2.75, 3.05) is 50.1 Å². The zero-order valence-corrected chi connectivity index (χ0v) is 39.7. The lowest BCUT2D eigenvalue weighted by atomic mass is 10.1. The van der Waals surface area contributed by atoms with Crippen LogP contribution in [0.3, 0.4) is 0 Å². The number of alkyl halides is 3. The first-order chi connectivity index (χ1) is 33.8. The molecule has 6 aromatic rings. The highest BCUT2D eigenvalue weighted by Crippen LogP contribution is 2.31. The smallest absolute Gasteiger partial charge is 0.493 e. The fourth-order valence-electron chi connectivity index (χ4n) is 6.28. The highest BCUT2D eigenvalue weighted by molar-refractivity contribution is 7.93. The Bertz CT molecular complexity index is 2900. The van der Waals surface area contributed by atoms with Crippen LogP contribution in [-0.4, -0.2) is 86.0 Å². The molecule has 0 spiro atoms. The first-order valence-electron chi connectivity index (χ1n) is 21.3. The number of halogens is 3. The maximum Gasteiger partial charge on any atom is 0.573 e. The van der Waals surface area contributed by atoms with E-state index in [1.165, 1.54) is 44.6 Å². The predicted molar refractivity (Wildman–Crippen MR) is 254 cm³/mol. The summed E-state index contributed by atoms with van der Waals surface area (Å²) in [6, 6.07) is 35.1. The molecular formula is C49H49F3N2O15S2. The fourth-order valence-corrected chi connectivity index (χ4v) is 8.41. The number of para-hydroxylation sites is 2. The number of rotatable bonds is 25. The molecule has 0 amide bonds. The Kier molecular flexibility index (Phi) is 19.6. The van der Waals surface area contributed by atoms with Crippen molar-refractivity contribution in [3.8, 4) is 40.2 Å². The summed E-state index contributed by atoms with van der Waals surface area (Å²) in [5, 5.41) is 17.7. The number of anilines is 2. The van der Waals surface area contributed by atoms with E-state index in [2.05, 4.69) is 14.2 Å². The molecule has 0 fully saturated rings. The van der Waals surface area contributed by atoms with Crippen molar-refractivity contribution in [3.63, 3.8) is 0 Å². The number of sulfonamides is 2. The number of hydrogen-bond acceptors (Lipinski definition) is 13. The van der Waals surface area contributed by atoms with Crippen LogP contribution in [0.2, 0.25) is 0 Å². The quantitative estimate of drug-likeness (QED) is 0.0392. The van der Waals surface area contributed by atoms with Crippen LogP contribution < -0.4 is 42.6 Å². The molecule has 0 heterocycles. The Morgan fingerprint density at radius 3 is 1.31 bits per heavy atom. The summed E-state index contributed by atoms with van der Waals surface area (Å²) in [5.74, 6) is 0.644. The summed E-state index contributed by atoms with van der Waals surface area (Å²) < 4.78 is 129. The van der Waals surface area contributed by atoms with Gasteiger partial charge in [0.2, 0.25) is 0 Å². The molecule has 22 heteroatoms. The molecule has 0 radical (unpaired) electrons. The van der Waals surface area contributed by atoms with Crippen LogP contribution in [0.4, 0.5) is 24.5 Å². The van der Waals surface area contributed by atoms with Gasteiger partial charge in [-0.1, -0.05) is 36.4 Å². The summed E-state index contributed by atoms with van der Waals surface area (Å²) in [7, 11) is -4.96. The van der Waals surface area contributed by atoms with Gasteiger partial charge in [-0.05, 0) is 121 Å². The van der Waals surface area contributed by atoms with Gasteiger partial charge >= 0.3 is 18.3 Å². The van der Waals surface area contributed by atoms with Crippen molar-refractivity contribution in [1.29, 1.82) is 0 Å². The van der Waals surface area contributed by atoms with E-state index in [0.29, 0.717) is 53.0 Å². The van der Waals surface area contributed by atoms with Gasteiger partial charge in [0.1, 0.15) is 55.2 Å². The zero-order valence-electron chi connectivity index (χ0n) is 38.1. The lowest BCUT2D eigenvalue weighted by molar-refractivity contribution is -0.274. The van der Waals surface area contributed by atoms with Gasteiger partial charge in [-0.15, -0.1) is 13.2 Å². The van der Waals surface area contributed by atoms with E-state index in [-0.39, 0.29) is 54.7 Å². The monoisotopic (exact) mass is 1030 g/mol. The normalized spacial score (nSPS) is 11.2. The van der Waals surface area contributed by atoms with Gasteiger partial charge in [-0.3, -0.25) is 19.0 Å². The number of methoxy groups -OCH3 is 2. The van der Waals surface area contributed by atoms with E-state index < -0.39 is 44.1 Å². The van der Waals surface area contributed by atoms with Gasteiger partial charge in [0.15, 0.2) is 11.5 Å². The number of carbonyl (C=O) groups is 2. The van der Waals surface area contributed by atoms with Gasteiger partial charge in [-0.25, -0.2) is 16.8 Å². The summed E-state index contributed by atoms with van der Waals surface area (Å²) in [4.78, 5) is 21.4. The number of aryl methyl sites for hydroxylation is 2. The summed E-state index contributed by atoms with van der Waals surface area (Å²) >= 11 is 0. The highest BCUT2D eigenvalue weighted by atomic mass is 32.2. The van der Waals surface area contributed by atoms with Crippen molar-refractivity contribution < 1.29 is 83.0 Å². The number of aliphatic carboxylic acids is 2. The lowest BCUT2D eigenvalue weighted by Gasteiger charge is -2.13. The largest absolute Gasteiger partial charge is 0.573 e. The Labute approximate surface area is 407 Å². The molecule has 0 aromatic heterocycles. The summed E-state index contributed by atoms with van der Waals surface area (Å²) in [6.07, 6.45) is -4.13. The van der Waals surface area contributed by atoms with E-state index >= 15 is 0 Å².